The smallest absolute Gasteiger partial charge is 0.249 e. The molecule has 3 N–H and O–H groups in total. The highest BCUT2D eigenvalue weighted by atomic mass is 19.1. The molecule has 0 bridgehead atoms. The summed E-state index contributed by atoms with van der Waals surface area (Å²) in [5.41, 5.74) is 0.0685. The van der Waals surface area contributed by atoms with E-state index in [1.165, 1.54) is 6.92 Å². The molecule has 1 atom stereocenters. The van der Waals surface area contributed by atoms with Crippen molar-refractivity contribution in [2.24, 2.45) is 11.8 Å². The summed E-state index contributed by atoms with van der Waals surface area (Å²) in [4.78, 5) is 33.6. The molecule has 0 saturated carbocycles. The van der Waals surface area contributed by atoms with Crippen LogP contribution in [-0.2, 0) is 14.3 Å². The van der Waals surface area contributed by atoms with Crippen molar-refractivity contribution in [3.63, 3.8) is 0 Å². The Morgan fingerprint density at radius 3 is 2.69 bits per heavy atom. The van der Waals surface area contributed by atoms with E-state index in [1.807, 2.05) is 6.92 Å². The number of carbonyl (C=O) groups is 2. The first-order chi connectivity index (χ1) is 13.9. The monoisotopic (exact) mass is 412 g/mol. The highest BCUT2D eigenvalue weighted by Gasteiger charge is 2.29. The molecule has 1 fully saturated rings. The topological polar surface area (TPSA) is 125 Å². The molecule has 11 heteroatoms. The number of nitrogens with two attached hydrogens (primary N) is 1. The van der Waals surface area contributed by atoms with Crippen LogP contribution in [0.25, 0.3) is 0 Å². The molecule has 0 aliphatic carbocycles. The molecular formula is C18H29FN6O4. The van der Waals surface area contributed by atoms with Crippen LogP contribution in [0.1, 0.15) is 38.3 Å². The summed E-state index contributed by atoms with van der Waals surface area (Å²) >= 11 is 0. The number of hydrogen-bond acceptors (Lipinski definition) is 8. The molecule has 162 valence electrons. The van der Waals surface area contributed by atoms with Crippen LogP contribution in [0.3, 0.4) is 0 Å². The van der Waals surface area contributed by atoms with Gasteiger partial charge in [0.05, 0.1) is 31.4 Å². The van der Waals surface area contributed by atoms with Crippen molar-refractivity contribution in [1.29, 1.82) is 0 Å². The summed E-state index contributed by atoms with van der Waals surface area (Å²) in [6.07, 6.45) is 3.24. The lowest BCUT2D eigenvalue weighted by atomic mass is 10.00. The van der Waals surface area contributed by atoms with Crippen molar-refractivity contribution in [2.75, 3.05) is 42.8 Å². The standard InChI is InChI=1S/C18H29FN6O4/c1-3-4-5-6-14(11-24(28)12-26)17(27)25(20)18-21-13(2)15(19)16(22-18)23-7-9-29-10-8-23/h12,14,28H,3-11,20H2,1-2H3/t14-/m1/s1. The summed E-state index contributed by atoms with van der Waals surface area (Å²) < 4.78 is 19.9. The summed E-state index contributed by atoms with van der Waals surface area (Å²) in [5.74, 6) is 4.06. The van der Waals surface area contributed by atoms with Gasteiger partial charge in [0.25, 0.3) is 0 Å². The number of unbranched alkanes of at least 4 members (excludes halogenated alkanes) is 2. The third-order valence-electron chi connectivity index (χ3n) is 4.79. The van der Waals surface area contributed by atoms with Gasteiger partial charge in [0.2, 0.25) is 18.3 Å². The van der Waals surface area contributed by atoms with E-state index in [0.29, 0.717) is 37.8 Å². The minimum Gasteiger partial charge on any atom is -0.378 e. The summed E-state index contributed by atoms with van der Waals surface area (Å²) in [6, 6.07) is 0. The first-order valence-electron chi connectivity index (χ1n) is 9.75. The first kappa shape index (κ1) is 22.9. The van der Waals surface area contributed by atoms with E-state index in [-0.39, 0.29) is 30.4 Å². The Labute approximate surface area is 169 Å². The average Bonchev–Trinajstić information content (AvgIpc) is 2.74. The van der Waals surface area contributed by atoms with Crippen molar-refractivity contribution in [2.45, 2.75) is 39.5 Å². The highest BCUT2D eigenvalue weighted by molar-refractivity contribution is 5.92. The minimum atomic E-state index is -0.734. The van der Waals surface area contributed by atoms with E-state index in [4.69, 9.17) is 10.6 Å². The van der Waals surface area contributed by atoms with E-state index in [0.717, 1.165) is 24.3 Å². The van der Waals surface area contributed by atoms with Gasteiger partial charge in [-0.15, -0.1) is 0 Å². The molecule has 1 aromatic rings. The number of aromatic nitrogens is 2. The number of hydrogen-bond donors (Lipinski definition) is 2. The number of carbonyl (C=O) groups excluding carboxylic acids is 2. The van der Waals surface area contributed by atoms with Gasteiger partial charge >= 0.3 is 0 Å². The van der Waals surface area contributed by atoms with Gasteiger partial charge in [0, 0.05) is 13.1 Å². The van der Waals surface area contributed by atoms with Gasteiger partial charge in [0.15, 0.2) is 11.6 Å². The predicted molar refractivity (Wildman–Crippen MR) is 104 cm³/mol. The van der Waals surface area contributed by atoms with E-state index in [2.05, 4.69) is 9.97 Å². The zero-order chi connectivity index (χ0) is 21.4. The van der Waals surface area contributed by atoms with Crippen LogP contribution >= 0.6 is 0 Å². The van der Waals surface area contributed by atoms with Crippen molar-refractivity contribution in [3.05, 3.63) is 11.5 Å². The second kappa shape index (κ2) is 11.0. The molecule has 1 aromatic heterocycles. The second-order valence-corrected chi connectivity index (χ2v) is 6.97. The van der Waals surface area contributed by atoms with Crippen LogP contribution in [0.5, 0.6) is 0 Å². The number of rotatable bonds is 10. The van der Waals surface area contributed by atoms with Crippen LogP contribution in [0, 0.1) is 18.7 Å². The average molecular weight is 412 g/mol. The molecule has 1 saturated heterocycles. The largest absolute Gasteiger partial charge is 0.378 e. The van der Waals surface area contributed by atoms with E-state index in [9.17, 15) is 19.2 Å². The lowest BCUT2D eigenvalue weighted by molar-refractivity contribution is -0.154. The summed E-state index contributed by atoms with van der Waals surface area (Å²) in [5, 5.41) is 10.7. The lowest BCUT2D eigenvalue weighted by Crippen LogP contribution is -2.46. The number of nitrogens with zero attached hydrogens (tertiary/aromatic N) is 5. The minimum absolute atomic E-state index is 0.0678. The van der Waals surface area contributed by atoms with Crippen LogP contribution in [0.4, 0.5) is 16.2 Å². The predicted octanol–water partition coefficient (Wildman–Crippen LogP) is 1.01. The molecule has 29 heavy (non-hydrogen) atoms. The zero-order valence-corrected chi connectivity index (χ0v) is 16.9. The maximum Gasteiger partial charge on any atom is 0.249 e. The van der Waals surface area contributed by atoms with Gasteiger partial charge in [-0.3, -0.25) is 14.8 Å². The molecule has 2 heterocycles. The summed E-state index contributed by atoms with van der Waals surface area (Å²) in [7, 11) is 0. The highest BCUT2D eigenvalue weighted by Crippen LogP contribution is 2.23. The fourth-order valence-corrected chi connectivity index (χ4v) is 3.12. The number of hydrazine groups is 1. The Morgan fingerprint density at radius 2 is 2.07 bits per heavy atom. The lowest BCUT2D eigenvalue weighted by Gasteiger charge is -2.29. The maximum absolute atomic E-state index is 14.6. The molecule has 1 aliphatic heterocycles. The number of ether oxygens (including phenoxy) is 1. The van der Waals surface area contributed by atoms with Crippen LogP contribution in [0.2, 0.25) is 0 Å². The van der Waals surface area contributed by atoms with Gasteiger partial charge in [-0.2, -0.15) is 4.98 Å². The number of aryl methyl sites for hydroxylation is 1. The fraction of sp³-hybridized carbons (Fsp3) is 0.667. The van der Waals surface area contributed by atoms with E-state index >= 15 is 0 Å². The van der Waals surface area contributed by atoms with E-state index in [1.54, 1.807) is 4.90 Å². The Balaban J connectivity index is 2.24. The zero-order valence-electron chi connectivity index (χ0n) is 16.9. The van der Waals surface area contributed by atoms with Crippen molar-refractivity contribution in [1.82, 2.24) is 15.0 Å². The van der Waals surface area contributed by atoms with Gasteiger partial charge in [-0.05, 0) is 13.3 Å². The third kappa shape index (κ3) is 6.05. The molecule has 0 aromatic carbocycles. The summed E-state index contributed by atoms with van der Waals surface area (Å²) in [6.45, 7) is 5.12. The van der Waals surface area contributed by atoms with Crippen LogP contribution in [-0.4, -0.2) is 65.4 Å². The Hall–Kier alpha value is -2.37. The Kier molecular flexibility index (Phi) is 8.68. The first-order valence-corrected chi connectivity index (χ1v) is 9.75. The number of morpholine rings is 1. The molecule has 0 spiro atoms. The molecule has 0 radical (unpaired) electrons. The molecule has 1 aliphatic rings. The van der Waals surface area contributed by atoms with Crippen LogP contribution < -0.4 is 15.8 Å². The fourth-order valence-electron chi connectivity index (χ4n) is 3.12. The number of hydroxylamine groups is 2. The number of halogens is 1. The second-order valence-electron chi connectivity index (χ2n) is 6.97. The van der Waals surface area contributed by atoms with Crippen molar-refractivity contribution < 1.29 is 23.9 Å². The Bertz CT molecular complexity index is 701. The van der Waals surface area contributed by atoms with Gasteiger partial charge in [-0.25, -0.2) is 25.3 Å². The van der Waals surface area contributed by atoms with Crippen molar-refractivity contribution in [3.8, 4) is 0 Å². The van der Waals surface area contributed by atoms with Gasteiger partial charge in [0.1, 0.15) is 0 Å². The molecule has 2 amide bonds. The SMILES string of the molecule is CCCCC[C@H](CN(O)C=O)C(=O)N(N)c1nc(C)c(F)c(N2CCOCC2)n1. The van der Waals surface area contributed by atoms with E-state index < -0.39 is 17.6 Å². The normalized spacial score (nSPS) is 15.1. The van der Waals surface area contributed by atoms with Gasteiger partial charge < -0.3 is 9.64 Å². The van der Waals surface area contributed by atoms with Crippen molar-refractivity contribution >= 4 is 24.1 Å². The molecule has 2 rings (SSSR count). The molecular weight excluding hydrogens is 383 g/mol. The Morgan fingerprint density at radius 1 is 1.38 bits per heavy atom. The van der Waals surface area contributed by atoms with Crippen LogP contribution in [0.15, 0.2) is 0 Å². The maximum atomic E-state index is 14.6. The molecule has 10 nitrogen and oxygen atoms in total. The third-order valence-corrected chi connectivity index (χ3v) is 4.79. The number of amides is 2. The van der Waals surface area contributed by atoms with Gasteiger partial charge in [-0.1, -0.05) is 26.2 Å². The number of anilines is 2. The molecule has 0 unspecified atom stereocenters. The quantitative estimate of drug-likeness (QED) is 0.146.